The number of aliphatic carboxylic acids is 2. The molecule has 0 bridgehead atoms. The fraction of sp³-hybridized carbons (Fsp3) is 0.433. The number of carbonyl (C=O) groups excluding carboxylic acids is 5. The van der Waals surface area contributed by atoms with Crippen molar-refractivity contribution >= 4 is 75.2 Å². The van der Waals surface area contributed by atoms with E-state index in [1.54, 1.807) is 4.90 Å². The molecular formula is C30H33ClN7NaO10S2. The Balaban J connectivity index is 0.00000583. The van der Waals surface area contributed by atoms with Crippen molar-refractivity contribution in [3.8, 4) is 11.5 Å². The molecule has 1 aromatic heterocycles. The number of phenols is 2. The minimum atomic E-state index is -1.91. The molecule has 0 aliphatic carbocycles. The number of halogens is 1. The van der Waals surface area contributed by atoms with E-state index in [-0.39, 0.29) is 79.5 Å². The molecule has 1 aromatic carbocycles. The molecule has 2 fully saturated rings. The summed E-state index contributed by atoms with van der Waals surface area (Å²) < 4.78 is 0.261. The van der Waals surface area contributed by atoms with Crippen LogP contribution in [0.2, 0.25) is 5.02 Å². The molecule has 3 aliphatic heterocycles. The van der Waals surface area contributed by atoms with E-state index in [4.69, 9.17) is 22.2 Å². The second-order valence-corrected chi connectivity index (χ2v) is 15.3. The number of phenolic OH excluding ortho intramolecular Hbond substituents is 2. The molecule has 3 atom stereocenters. The van der Waals surface area contributed by atoms with E-state index < -0.39 is 63.9 Å². The van der Waals surface area contributed by atoms with Crippen molar-refractivity contribution in [1.82, 2.24) is 20.1 Å². The third kappa shape index (κ3) is 7.93. The number of nitrogens with two attached hydrogens (primary N) is 1. The number of likely N-dealkylation sites (N-methyl/N-ethyl adjacent to an activating group) is 1. The van der Waals surface area contributed by atoms with Gasteiger partial charge in [0, 0.05) is 29.7 Å². The molecule has 5 N–H and O–H groups in total. The van der Waals surface area contributed by atoms with Crippen LogP contribution in [0.3, 0.4) is 0 Å². The van der Waals surface area contributed by atoms with E-state index >= 15 is 0 Å². The molecule has 0 radical (unpaired) electrons. The number of thioether (sulfide) groups is 1. The van der Waals surface area contributed by atoms with Crippen molar-refractivity contribution in [3.63, 3.8) is 0 Å². The average Bonchev–Trinajstić information content (AvgIpc) is 3.72. The van der Waals surface area contributed by atoms with Gasteiger partial charge in [-0.2, -0.15) is 0 Å². The van der Waals surface area contributed by atoms with E-state index in [1.165, 1.54) is 29.3 Å². The number of nitrogen functional groups attached to an aromatic ring is 1. The number of carbonyl (C=O) groups is 5. The van der Waals surface area contributed by atoms with E-state index in [0.29, 0.717) is 25.1 Å². The molecule has 21 heteroatoms. The number of aromatic nitrogens is 1. The quantitative estimate of drug-likeness (QED) is 0.0420. The van der Waals surface area contributed by atoms with Gasteiger partial charge < -0.3 is 55.3 Å². The number of aromatic hydroxyl groups is 2. The maximum absolute atomic E-state index is 13.4. The molecule has 0 unspecified atom stereocenters. The Morgan fingerprint density at radius 3 is 2.53 bits per heavy atom. The minimum absolute atomic E-state index is 0. The maximum atomic E-state index is 13.4. The minimum Gasteiger partial charge on any atom is -0.546 e. The monoisotopic (exact) mass is 773 g/mol. The van der Waals surface area contributed by atoms with E-state index in [0.717, 1.165) is 30.1 Å². The molecule has 17 nitrogen and oxygen atoms in total. The summed E-state index contributed by atoms with van der Waals surface area (Å²) in [4.78, 5) is 75.5. The molecule has 268 valence electrons. The molecule has 0 saturated carbocycles. The summed E-state index contributed by atoms with van der Waals surface area (Å²) in [6.07, 6.45) is 0.569. The summed E-state index contributed by atoms with van der Waals surface area (Å²) in [6, 6.07) is 1.20. The van der Waals surface area contributed by atoms with Gasteiger partial charge in [-0.25, -0.2) is 4.98 Å². The number of β-lactam (4-membered cyclic amide) rings is 1. The van der Waals surface area contributed by atoms with Crippen molar-refractivity contribution in [1.29, 1.82) is 0 Å². The van der Waals surface area contributed by atoms with Crippen LogP contribution < -0.4 is 50.8 Å². The molecule has 51 heavy (non-hydrogen) atoms. The van der Waals surface area contributed by atoms with Gasteiger partial charge in [0.2, 0.25) is 0 Å². The Kier molecular flexibility index (Phi) is 12.0. The van der Waals surface area contributed by atoms with E-state index in [1.807, 2.05) is 14.1 Å². The predicted octanol–water partition coefficient (Wildman–Crippen LogP) is -4.56. The second-order valence-electron chi connectivity index (χ2n) is 12.9. The van der Waals surface area contributed by atoms with Gasteiger partial charge in [0.05, 0.1) is 48.9 Å². The molecule has 2 aromatic rings. The number of carboxylic acids is 2. The zero-order valence-corrected chi connectivity index (χ0v) is 32.6. The summed E-state index contributed by atoms with van der Waals surface area (Å²) in [6.45, 7) is 3.19. The Hall–Kier alpha value is -3.59. The normalized spacial score (nSPS) is 20.7. The third-order valence-electron chi connectivity index (χ3n) is 8.73. The van der Waals surface area contributed by atoms with Gasteiger partial charge in [-0.3, -0.25) is 19.3 Å². The van der Waals surface area contributed by atoms with Crippen molar-refractivity contribution in [2.45, 2.75) is 43.3 Å². The van der Waals surface area contributed by atoms with Crippen LogP contribution in [0.25, 0.3) is 0 Å². The van der Waals surface area contributed by atoms with E-state index in [2.05, 4.69) is 15.5 Å². The first kappa shape index (κ1) is 40.2. The number of thiazole rings is 1. The van der Waals surface area contributed by atoms with Crippen molar-refractivity contribution in [2.75, 3.05) is 45.2 Å². The predicted molar refractivity (Wildman–Crippen MR) is 176 cm³/mol. The number of hydrogen-bond donors (Lipinski definition) is 4. The number of rotatable bonds is 11. The number of oxime groups is 1. The molecule has 0 spiro atoms. The number of hydrogen-bond acceptors (Lipinski definition) is 15. The number of carboxylic acid groups (broad SMARTS) is 2. The van der Waals surface area contributed by atoms with Crippen LogP contribution >= 0.6 is 34.7 Å². The van der Waals surface area contributed by atoms with Crippen molar-refractivity contribution in [2.24, 2.45) is 5.16 Å². The number of nitrogens with one attached hydrogen (secondary N) is 1. The third-order valence-corrected chi connectivity index (χ3v) is 11.1. The molecule has 2 saturated heterocycles. The summed E-state index contributed by atoms with van der Waals surface area (Å²) in [7, 11) is 3.76. The maximum Gasteiger partial charge on any atom is 1.00 e. The zero-order valence-electron chi connectivity index (χ0n) is 28.2. The first-order valence-corrected chi connectivity index (χ1v) is 17.3. The molecule has 3 aliphatic rings. The van der Waals surface area contributed by atoms with Crippen LogP contribution in [0.15, 0.2) is 33.9 Å². The SMILES string of the molecule is CC(C)(O/N=C(\C(=O)N[C@@H]1C(=O)N2C(C(=O)[O-])=C(C[N+](C)(C)[C@H]3CCN(C(=O)c4ccc(O)c(O)c4Cl)C3)CS[C@H]12)c1csc(N)n1)C(=O)[O-].[Na+]. The average molecular weight is 774 g/mol. The number of fused-ring (bicyclic) bond motifs is 1. The first-order valence-electron chi connectivity index (χ1n) is 15.0. The van der Waals surface area contributed by atoms with Crippen LogP contribution in [0.1, 0.15) is 36.3 Å². The zero-order chi connectivity index (χ0) is 36.9. The standard InChI is InChI=1S/C30H34ClN7O10S2.Na/c1-30(2,28(46)47)48-35-19(16-12-50-29(32)33-16)23(41)34-20-25(43)37-21(27(44)45)13(11-49-26(20)37)10-38(3,4)14-7-8-36(9-14)24(42)15-5-6-17(39)22(40)18(15)31;/h5-6,12,14,20,26H,7-11H2,1-4H3,(H6-,32,33,34,35,39,40,41,42,44,45,46,47);/q;+1/p-1/t14-,20+,26+;/m0./s1. The smallest absolute Gasteiger partial charge is 0.546 e. The van der Waals surface area contributed by atoms with Gasteiger partial charge in [-0.15, -0.1) is 23.1 Å². The van der Waals surface area contributed by atoms with Gasteiger partial charge in [0.15, 0.2) is 27.9 Å². The van der Waals surface area contributed by atoms with Gasteiger partial charge in [0.25, 0.3) is 17.7 Å². The number of nitrogens with zero attached hydrogens (tertiary/aromatic N) is 5. The van der Waals surface area contributed by atoms with Crippen molar-refractivity contribution in [3.05, 3.63) is 45.1 Å². The Labute approximate surface area is 326 Å². The number of anilines is 1. The topological polar surface area (TPSA) is 251 Å². The molecule has 3 amide bonds. The number of benzene rings is 1. The second kappa shape index (κ2) is 15.2. The van der Waals surface area contributed by atoms with Gasteiger partial charge >= 0.3 is 29.6 Å². The number of quaternary nitrogens is 1. The first-order chi connectivity index (χ1) is 23.3. The molecule has 5 rings (SSSR count). The van der Waals surface area contributed by atoms with Gasteiger partial charge in [-0.05, 0) is 26.0 Å². The largest absolute Gasteiger partial charge is 1.00 e. The molecular weight excluding hydrogens is 741 g/mol. The summed E-state index contributed by atoms with van der Waals surface area (Å²) >= 11 is 8.34. The fourth-order valence-corrected chi connectivity index (χ4v) is 7.93. The Morgan fingerprint density at radius 1 is 1.24 bits per heavy atom. The summed E-state index contributed by atoms with van der Waals surface area (Å²) in [5.41, 5.74) is 3.47. The van der Waals surface area contributed by atoms with Crippen LogP contribution in [-0.4, -0.2) is 127 Å². The van der Waals surface area contributed by atoms with Gasteiger partial charge in [0.1, 0.15) is 29.7 Å². The van der Waals surface area contributed by atoms with Gasteiger partial charge in [-0.1, -0.05) is 16.8 Å². The number of amides is 3. The Morgan fingerprint density at radius 2 is 1.92 bits per heavy atom. The van der Waals surface area contributed by atoms with Crippen LogP contribution in [0, 0.1) is 0 Å². The van der Waals surface area contributed by atoms with Crippen LogP contribution in [0.4, 0.5) is 5.13 Å². The summed E-state index contributed by atoms with van der Waals surface area (Å²) in [5, 5.41) is 50.2. The van der Waals surface area contributed by atoms with Crippen LogP contribution in [-0.2, 0) is 24.0 Å². The summed E-state index contributed by atoms with van der Waals surface area (Å²) in [5.74, 6) is -6.09. The van der Waals surface area contributed by atoms with Crippen LogP contribution in [0.5, 0.6) is 11.5 Å². The fourth-order valence-electron chi connectivity index (χ4n) is 5.81. The Bertz CT molecular complexity index is 1850. The molecule has 4 heterocycles. The van der Waals surface area contributed by atoms with Crippen molar-refractivity contribution < 1.29 is 83.3 Å². The number of likely N-dealkylation sites (tertiary alicyclic amines) is 1. The van der Waals surface area contributed by atoms with E-state index in [9.17, 15) is 44.4 Å².